The summed E-state index contributed by atoms with van der Waals surface area (Å²) >= 11 is 1.17. The molecule has 24 heavy (non-hydrogen) atoms. The number of ether oxygens (including phenoxy) is 1. The Morgan fingerprint density at radius 2 is 1.92 bits per heavy atom. The summed E-state index contributed by atoms with van der Waals surface area (Å²) in [6.07, 6.45) is 3.41. The van der Waals surface area contributed by atoms with Crippen molar-refractivity contribution in [2.45, 2.75) is 38.7 Å². The maximum absolute atomic E-state index is 13.7. The van der Waals surface area contributed by atoms with Crippen LogP contribution in [0, 0.1) is 5.82 Å². The molecule has 0 unspecified atom stereocenters. The van der Waals surface area contributed by atoms with E-state index in [-0.39, 0.29) is 11.7 Å². The third-order valence-electron chi connectivity index (χ3n) is 4.26. The number of thiophene rings is 1. The monoisotopic (exact) mass is 349 g/mol. The van der Waals surface area contributed by atoms with Crippen LogP contribution < -0.4 is 0 Å². The molecule has 0 N–H and O–H groups in total. The summed E-state index contributed by atoms with van der Waals surface area (Å²) in [4.78, 5) is 26.8. The number of likely N-dealkylation sites (tertiary alicyclic amines) is 1. The number of fused-ring (bicyclic) bond motifs is 1. The lowest BCUT2D eigenvalue weighted by Crippen LogP contribution is -2.40. The number of nitrogens with zero attached hydrogens (tertiary/aromatic N) is 1. The van der Waals surface area contributed by atoms with Gasteiger partial charge in [0, 0.05) is 23.2 Å². The number of esters is 1. The molecule has 1 aromatic carbocycles. The van der Waals surface area contributed by atoms with E-state index in [4.69, 9.17) is 4.74 Å². The Hall–Kier alpha value is -1.95. The van der Waals surface area contributed by atoms with Crippen LogP contribution in [0.25, 0.3) is 10.1 Å². The number of rotatable bonds is 3. The van der Waals surface area contributed by atoms with Gasteiger partial charge in [-0.3, -0.25) is 4.79 Å². The fourth-order valence-electron chi connectivity index (χ4n) is 2.94. The number of hydrogen-bond acceptors (Lipinski definition) is 4. The van der Waals surface area contributed by atoms with Crippen molar-refractivity contribution in [3.8, 4) is 0 Å². The maximum Gasteiger partial charge on any atom is 0.349 e. The van der Waals surface area contributed by atoms with E-state index in [1.54, 1.807) is 24.0 Å². The number of benzene rings is 1. The lowest BCUT2D eigenvalue weighted by Gasteiger charge is -2.23. The van der Waals surface area contributed by atoms with Crippen LogP contribution >= 0.6 is 11.3 Å². The second-order valence-electron chi connectivity index (χ2n) is 6.05. The van der Waals surface area contributed by atoms with Gasteiger partial charge >= 0.3 is 5.97 Å². The average Bonchev–Trinajstić information content (AvgIpc) is 2.83. The quantitative estimate of drug-likeness (QED) is 0.787. The number of carbonyl (C=O) groups excluding carboxylic acids is 2. The molecule has 0 bridgehead atoms. The van der Waals surface area contributed by atoms with Crippen LogP contribution in [0.3, 0.4) is 0 Å². The maximum atomic E-state index is 13.7. The molecular formula is C18H20FNO3S. The molecule has 1 saturated heterocycles. The Labute approximate surface area is 144 Å². The zero-order valence-corrected chi connectivity index (χ0v) is 14.4. The van der Waals surface area contributed by atoms with Crippen LogP contribution in [0.2, 0.25) is 0 Å². The smallest absolute Gasteiger partial charge is 0.349 e. The van der Waals surface area contributed by atoms with Gasteiger partial charge in [-0.15, -0.1) is 11.3 Å². The molecular weight excluding hydrogens is 329 g/mol. The van der Waals surface area contributed by atoms with Gasteiger partial charge in [-0.1, -0.05) is 18.9 Å². The molecule has 0 aliphatic carbocycles. The number of amides is 1. The first-order valence-corrected chi connectivity index (χ1v) is 9.06. The van der Waals surface area contributed by atoms with Gasteiger partial charge in [0.15, 0.2) is 6.10 Å². The third kappa shape index (κ3) is 3.59. The normalized spacial score (nSPS) is 16.7. The highest BCUT2D eigenvalue weighted by molar-refractivity contribution is 7.20. The molecule has 128 valence electrons. The summed E-state index contributed by atoms with van der Waals surface area (Å²) < 4.78 is 19.7. The van der Waals surface area contributed by atoms with Crippen molar-refractivity contribution >= 4 is 33.3 Å². The van der Waals surface area contributed by atoms with Crippen molar-refractivity contribution in [1.82, 2.24) is 4.90 Å². The van der Waals surface area contributed by atoms with E-state index in [0.717, 1.165) is 38.8 Å². The molecule has 1 atom stereocenters. The second-order valence-corrected chi connectivity index (χ2v) is 7.13. The summed E-state index contributed by atoms with van der Waals surface area (Å²) in [5, 5.41) is 0.404. The molecule has 4 nitrogen and oxygen atoms in total. The van der Waals surface area contributed by atoms with Crippen molar-refractivity contribution in [2.75, 3.05) is 13.1 Å². The molecule has 3 rings (SSSR count). The van der Waals surface area contributed by atoms with E-state index in [2.05, 4.69) is 0 Å². The van der Waals surface area contributed by atoms with Crippen LogP contribution in [-0.2, 0) is 9.53 Å². The Kier molecular flexibility index (Phi) is 5.14. The molecule has 1 aliphatic rings. The number of halogens is 1. The fraction of sp³-hybridized carbons (Fsp3) is 0.444. The highest BCUT2D eigenvalue weighted by atomic mass is 32.1. The molecule has 0 saturated carbocycles. The molecule has 1 fully saturated rings. The van der Waals surface area contributed by atoms with E-state index >= 15 is 0 Å². The van der Waals surface area contributed by atoms with E-state index in [0.29, 0.717) is 15.0 Å². The molecule has 0 spiro atoms. The summed E-state index contributed by atoms with van der Waals surface area (Å²) in [6, 6.07) is 6.21. The molecule has 6 heteroatoms. The minimum absolute atomic E-state index is 0.155. The van der Waals surface area contributed by atoms with Gasteiger partial charge in [0.05, 0.1) is 0 Å². The van der Waals surface area contributed by atoms with Gasteiger partial charge in [0.1, 0.15) is 10.7 Å². The molecule has 2 heterocycles. The topological polar surface area (TPSA) is 46.6 Å². The van der Waals surface area contributed by atoms with Crippen LogP contribution in [0.1, 0.15) is 42.3 Å². The van der Waals surface area contributed by atoms with Crippen molar-refractivity contribution in [1.29, 1.82) is 0 Å². The minimum Gasteiger partial charge on any atom is -0.448 e. The number of carbonyl (C=O) groups is 2. The van der Waals surface area contributed by atoms with E-state index in [1.165, 1.54) is 23.5 Å². The van der Waals surface area contributed by atoms with Gasteiger partial charge in [-0.25, -0.2) is 9.18 Å². The molecule has 1 amide bonds. The van der Waals surface area contributed by atoms with Crippen LogP contribution in [0.5, 0.6) is 0 Å². The zero-order valence-electron chi connectivity index (χ0n) is 13.6. The van der Waals surface area contributed by atoms with Crippen LogP contribution in [0.4, 0.5) is 4.39 Å². The van der Waals surface area contributed by atoms with E-state index in [9.17, 15) is 14.0 Å². The van der Waals surface area contributed by atoms with Crippen molar-refractivity contribution < 1.29 is 18.7 Å². The summed E-state index contributed by atoms with van der Waals surface area (Å²) in [5.41, 5.74) is 0. The first-order valence-electron chi connectivity index (χ1n) is 8.24. The highest BCUT2D eigenvalue weighted by Gasteiger charge is 2.25. The Morgan fingerprint density at radius 1 is 1.21 bits per heavy atom. The molecule has 1 aromatic heterocycles. The van der Waals surface area contributed by atoms with E-state index < -0.39 is 12.1 Å². The van der Waals surface area contributed by atoms with Gasteiger partial charge in [0.25, 0.3) is 5.91 Å². The summed E-state index contributed by atoms with van der Waals surface area (Å²) in [6.45, 7) is 3.03. The summed E-state index contributed by atoms with van der Waals surface area (Å²) in [7, 11) is 0. The molecule has 2 aromatic rings. The highest BCUT2D eigenvalue weighted by Crippen LogP contribution is 2.28. The van der Waals surface area contributed by atoms with E-state index in [1.807, 2.05) is 0 Å². The lowest BCUT2D eigenvalue weighted by molar-refractivity contribution is -0.139. The van der Waals surface area contributed by atoms with Crippen LogP contribution in [0.15, 0.2) is 24.3 Å². The SMILES string of the molecule is C[C@@H](OC(=O)c1cc2c(F)cccc2s1)C(=O)N1CCCCCC1. The lowest BCUT2D eigenvalue weighted by atomic mass is 10.2. The third-order valence-corrected chi connectivity index (χ3v) is 5.34. The zero-order chi connectivity index (χ0) is 17.1. The molecule has 1 aliphatic heterocycles. The summed E-state index contributed by atoms with van der Waals surface area (Å²) in [5.74, 6) is -1.10. The fourth-order valence-corrected chi connectivity index (χ4v) is 3.90. The van der Waals surface area contributed by atoms with Crippen LogP contribution in [-0.4, -0.2) is 36.0 Å². The first-order chi connectivity index (χ1) is 11.6. The van der Waals surface area contributed by atoms with Gasteiger partial charge in [-0.2, -0.15) is 0 Å². The van der Waals surface area contributed by atoms with Crippen molar-refractivity contribution in [3.63, 3.8) is 0 Å². The molecule has 0 radical (unpaired) electrons. The minimum atomic E-state index is -0.828. The van der Waals surface area contributed by atoms with Crippen molar-refractivity contribution in [2.24, 2.45) is 0 Å². The van der Waals surface area contributed by atoms with Gasteiger partial charge < -0.3 is 9.64 Å². The van der Waals surface area contributed by atoms with Gasteiger partial charge in [-0.05, 0) is 38.0 Å². The predicted molar refractivity (Wildman–Crippen MR) is 91.7 cm³/mol. The largest absolute Gasteiger partial charge is 0.448 e. The number of hydrogen-bond donors (Lipinski definition) is 0. The first kappa shape index (κ1) is 16.9. The Bertz CT molecular complexity index is 750. The average molecular weight is 349 g/mol. The second kappa shape index (κ2) is 7.30. The van der Waals surface area contributed by atoms with Crippen molar-refractivity contribution in [3.05, 3.63) is 35.0 Å². The Balaban J connectivity index is 1.68. The standard InChI is InChI=1S/C18H20FNO3S/c1-12(17(21)20-9-4-2-3-5-10-20)23-18(22)16-11-13-14(19)7-6-8-15(13)24-16/h6-8,11-12H,2-5,9-10H2,1H3/t12-/m1/s1. The Morgan fingerprint density at radius 3 is 2.58 bits per heavy atom. The predicted octanol–water partition coefficient (Wildman–Crippen LogP) is 3.99. The van der Waals surface area contributed by atoms with Gasteiger partial charge in [0.2, 0.25) is 0 Å².